The van der Waals surface area contributed by atoms with E-state index in [-0.39, 0.29) is 50.6 Å². The van der Waals surface area contributed by atoms with Crippen LogP contribution >= 0.6 is 0 Å². The van der Waals surface area contributed by atoms with E-state index in [2.05, 4.69) is 5.32 Å². The topological polar surface area (TPSA) is 118 Å². The SMILES string of the molecule is CC12CCC(=O)N1c1ccccc1C(=O)N2CCC(=O)NCC(O)COc1ccc2c(c1)OCO2. The lowest BCUT2D eigenvalue weighted by atomic mass is 9.98. The molecule has 0 radical (unpaired) electrons. The van der Waals surface area contributed by atoms with Gasteiger partial charge >= 0.3 is 0 Å². The van der Waals surface area contributed by atoms with Crippen LogP contribution in [0.1, 0.15) is 36.5 Å². The molecular weight excluding hydrogens is 454 g/mol. The molecular formula is C25H27N3O7. The van der Waals surface area contributed by atoms with Crippen molar-refractivity contribution in [1.82, 2.24) is 10.2 Å². The van der Waals surface area contributed by atoms with E-state index in [9.17, 15) is 19.5 Å². The zero-order chi connectivity index (χ0) is 24.6. The predicted molar refractivity (Wildman–Crippen MR) is 124 cm³/mol. The average Bonchev–Trinajstić information content (AvgIpc) is 3.45. The second-order valence-corrected chi connectivity index (χ2v) is 8.95. The second kappa shape index (κ2) is 9.10. The van der Waals surface area contributed by atoms with E-state index >= 15 is 0 Å². The number of nitrogens with one attached hydrogen (secondary N) is 1. The molecule has 3 heterocycles. The van der Waals surface area contributed by atoms with E-state index in [1.807, 2.05) is 13.0 Å². The summed E-state index contributed by atoms with van der Waals surface area (Å²) in [5.74, 6) is 1.20. The quantitative estimate of drug-likeness (QED) is 0.589. The van der Waals surface area contributed by atoms with Gasteiger partial charge in [0, 0.05) is 32.0 Å². The molecule has 2 aromatic carbocycles. The lowest BCUT2D eigenvalue weighted by molar-refractivity contribution is -0.122. The molecule has 2 aromatic rings. The highest BCUT2D eigenvalue weighted by Crippen LogP contribution is 2.44. The summed E-state index contributed by atoms with van der Waals surface area (Å²) in [6.07, 6.45) is -0.0329. The molecule has 0 saturated carbocycles. The van der Waals surface area contributed by atoms with Crippen LogP contribution in [0.15, 0.2) is 42.5 Å². The Morgan fingerprint density at radius 1 is 1.20 bits per heavy atom. The van der Waals surface area contributed by atoms with Gasteiger partial charge in [-0.2, -0.15) is 0 Å². The highest BCUT2D eigenvalue weighted by atomic mass is 16.7. The first-order valence-corrected chi connectivity index (χ1v) is 11.6. The summed E-state index contributed by atoms with van der Waals surface area (Å²) in [5, 5.41) is 12.9. The molecule has 2 atom stereocenters. The standard InChI is InChI=1S/C25H27N3O7/c1-25-10-8-23(31)28(25)19-5-3-2-4-18(19)24(32)27(25)11-9-22(30)26-13-16(29)14-33-17-6-7-20-21(12-17)35-15-34-20/h2-7,12,16,29H,8-11,13-15H2,1H3,(H,26,30). The fourth-order valence-corrected chi connectivity index (χ4v) is 4.79. The van der Waals surface area contributed by atoms with Crippen LogP contribution in [-0.2, 0) is 9.59 Å². The second-order valence-electron chi connectivity index (χ2n) is 8.95. The smallest absolute Gasteiger partial charge is 0.257 e. The van der Waals surface area contributed by atoms with Crippen molar-refractivity contribution in [3.05, 3.63) is 48.0 Å². The molecule has 184 valence electrons. The van der Waals surface area contributed by atoms with Gasteiger partial charge in [-0.25, -0.2) is 0 Å². The Morgan fingerprint density at radius 2 is 2.00 bits per heavy atom. The Kier molecular flexibility index (Phi) is 5.98. The number of anilines is 1. The Morgan fingerprint density at radius 3 is 2.86 bits per heavy atom. The molecule has 1 saturated heterocycles. The van der Waals surface area contributed by atoms with E-state index in [1.165, 1.54) is 0 Å². The number of nitrogens with zero attached hydrogens (tertiary/aromatic N) is 2. The van der Waals surface area contributed by atoms with E-state index < -0.39 is 11.8 Å². The van der Waals surface area contributed by atoms with Crippen LogP contribution in [0.4, 0.5) is 5.69 Å². The fourth-order valence-electron chi connectivity index (χ4n) is 4.79. The molecule has 3 aliphatic rings. The Balaban J connectivity index is 1.14. The summed E-state index contributed by atoms with van der Waals surface area (Å²) in [4.78, 5) is 41.6. The summed E-state index contributed by atoms with van der Waals surface area (Å²) in [6.45, 7) is 2.17. The van der Waals surface area contributed by atoms with Crippen LogP contribution in [0.25, 0.3) is 0 Å². The van der Waals surface area contributed by atoms with Gasteiger partial charge < -0.3 is 29.5 Å². The van der Waals surface area contributed by atoms with Crippen molar-refractivity contribution < 1.29 is 33.7 Å². The first-order valence-electron chi connectivity index (χ1n) is 11.6. The Labute approximate surface area is 202 Å². The number of rotatable bonds is 8. The van der Waals surface area contributed by atoms with Crippen LogP contribution in [0.5, 0.6) is 17.2 Å². The van der Waals surface area contributed by atoms with Crippen LogP contribution in [0.2, 0.25) is 0 Å². The van der Waals surface area contributed by atoms with Gasteiger partial charge in [0.1, 0.15) is 24.1 Å². The van der Waals surface area contributed by atoms with Crippen LogP contribution in [-0.4, -0.2) is 66.0 Å². The summed E-state index contributed by atoms with van der Waals surface area (Å²) in [7, 11) is 0. The third kappa shape index (κ3) is 4.25. The van der Waals surface area contributed by atoms with E-state index in [4.69, 9.17) is 14.2 Å². The molecule has 3 amide bonds. The van der Waals surface area contributed by atoms with Crippen molar-refractivity contribution >= 4 is 23.4 Å². The molecule has 5 rings (SSSR count). The van der Waals surface area contributed by atoms with Gasteiger partial charge in [0.05, 0.1) is 11.3 Å². The maximum atomic E-state index is 13.2. The molecule has 10 nitrogen and oxygen atoms in total. The van der Waals surface area contributed by atoms with Crippen molar-refractivity contribution in [3.8, 4) is 17.2 Å². The minimum Gasteiger partial charge on any atom is -0.491 e. The van der Waals surface area contributed by atoms with Gasteiger partial charge in [-0.05, 0) is 37.6 Å². The molecule has 10 heteroatoms. The summed E-state index contributed by atoms with van der Waals surface area (Å²) < 4.78 is 16.1. The number of fused-ring (bicyclic) bond motifs is 4. The molecule has 3 aliphatic heterocycles. The Bertz CT molecular complexity index is 1170. The minimum atomic E-state index is -0.923. The molecule has 2 unspecified atom stereocenters. The number of para-hydroxylation sites is 1. The van der Waals surface area contributed by atoms with Crippen LogP contribution in [0.3, 0.4) is 0 Å². The number of amides is 3. The maximum absolute atomic E-state index is 13.2. The number of aliphatic hydroxyl groups is 1. The van der Waals surface area contributed by atoms with Gasteiger partial charge in [0.25, 0.3) is 5.91 Å². The van der Waals surface area contributed by atoms with Crippen LogP contribution in [0, 0.1) is 0 Å². The molecule has 0 aromatic heterocycles. The maximum Gasteiger partial charge on any atom is 0.257 e. The van der Waals surface area contributed by atoms with Gasteiger partial charge in [-0.3, -0.25) is 19.3 Å². The van der Waals surface area contributed by atoms with Crippen LogP contribution < -0.4 is 24.4 Å². The normalized spacial score (nSPS) is 21.0. The molecule has 0 bridgehead atoms. The van der Waals surface area contributed by atoms with Gasteiger partial charge in [-0.1, -0.05) is 12.1 Å². The van der Waals surface area contributed by atoms with E-state index in [0.29, 0.717) is 41.3 Å². The lowest BCUT2D eigenvalue weighted by Gasteiger charge is -2.48. The molecule has 0 spiro atoms. The first kappa shape index (κ1) is 23.0. The molecule has 0 aliphatic carbocycles. The monoisotopic (exact) mass is 481 g/mol. The number of hydrogen-bond donors (Lipinski definition) is 2. The van der Waals surface area contributed by atoms with E-state index in [0.717, 1.165) is 0 Å². The number of aliphatic hydroxyl groups excluding tert-OH is 1. The zero-order valence-electron chi connectivity index (χ0n) is 19.4. The van der Waals surface area contributed by atoms with Gasteiger partial charge in [-0.15, -0.1) is 0 Å². The highest BCUT2D eigenvalue weighted by molar-refractivity contribution is 6.10. The van der Waals surface area contributed by atoms with Crippen molar-refractivity contribution in [1.29, 1.82) is 0 Å². The number of benzene rings is 2. The molecule has 35 heavy (non-hydrogen) atoms. The number of ether oxygens (including phenoxy) is 3. The van der Waals surface area contributed by atoms with Crippen molar-refractivity contribution in [3.63, 3.8) is 0 Å². The lowest BCUT2D eigenvalue weighted by Crippen LogP contribution is -2.62. The van der Waals surface area contributed by atoms with Gasteiger partial charge in [0.2, 0.25) is 18.6 Å². The molecule has 2 N–H and O–H groups in total. The van der Waals surface area contributed by atoms with Crippen molar-refractivity contribution in [2.75, 3.05) is 31.4 Å². The molecule has 1 fully saturated rings. The Hall–Kier alpha value is -3.79. The third-order valence-corrected chi connectivity index (χ3v) is 6.63. The number of carbonyl (C=O) groups is 3. The average molecular weight is 482 g/mol. The zero-order valence-corrected chi connectivity index (χ0v) is 19.4. The van der Waals surface area contributed by atoms with E-state index in [1.54, 1.807) is 46.2 Å². The number of carbonyl (C=O) groups excluding carboxylic acids is 3. The summed E-state index contributed by atoms with van der Waals surface area (Å²) in [6, 6.07) is 12.2. The third-order valence-electron chi connectivity index (χ3n) is 6.63. The largest absolute Gasteiger partial charge is 0.491 e. The predicted octanol–water partition coefficient (Wildman–Crippen LogP) is 1.66. The first-order chi connectivity index (χ1) is 16.9. The minimum absolute atomic E-state index is 0.00203. The van der Waals surface area contributed by atoms with Crippen molar-refractivity contribution in [2.45, 2.75) is 38.0 Å². The highest BCUT2D eigenvalue weighted by Gasteiger charge is 2.52. The fraction of sp³-hybridized carbons (Fsp3) is 0.400. The van der Waals surface area contributed by atoms with Crippen molar-refractivity contribution in [2.24, 2.45) is 0 Å². The summed E-state index contributed by atoms with van der Waals surface area (Å²) >= 11 is 0. The number of hydrogen-bond acceptors (Lipinski definition) is 7. The summed E-state index contributed by atoms with van der Waals surface area (Å²) in [5.41, 5.74) is 0.270. The van der Waals surface area contributed by atoms with Gasteiger partial charge in [0.15, 0.2) is 11.5 Å².